The van der Waals surface area contributed by atoms with Gasteiger partial charge in [-0.25, -0.2) is 9.13 Å². The predicted octanol–water partition coefficient (Wildman–Crippen LogP) is 0.513. The number of hydrogen-bond acceptors (Lipinski definition) is 6. The van der Waals surface area contributed by atoms with Gasteiger partial charge >= 0.3 is 15.6 Å². The number of phosphoric ester groups is 2. The van der Waals surface area contributed by atoms with Gasteiger partial charge in [0.05, 0.1) is 13.2 Å². The van der Waals surface area contributed by atoms with Crippen molar-refractivity contribution in [3.63, 3.8) is 0 Å². The lowest BCUT2D eigenvalue weighted by atomic mass is 10.8. The molecule has 0 aliphatic carbocycles. The fourth-order valence-corrected chi connectivity index (χ4v) is 1.23. The Morgan fingerprint density at radius 1 is 0.929 bits per heavy atom. The van der Waals surface area contributed by atoms with E-state index in [-0.39, 0.29) is 13.2 Å². The van der Waals surface area contributed by atoms with E-state index in [9.17, 15) is 9.13 Å². The molecular weight excluding hydrogens is 238 g/mol. The number of rotatable bonds is 7. The minimum atomic E-state index is -4.06. The van der Waals surface area contributed by atoms with Crippen LogP contribution in [0, 0.1) is 0 Å². The molecule has 2 unspecified atom stereocenters. The maximum atomic E-state index is 10.7. The van der Waals surface area contributed by atoms with Crippen molar-refractivity contribution in [3.05, 3.63) is 0 Å². The summed E-state index contributed by atoms with van der Waals surface area (Å²) in [4.78, 5) is 17.4. The molecule has 0 bridgehead atoms. The van der Waals surface area contributed by atoms with Gasteiger partial charge in [-0.1, -0.05) is 0 Å². The molecule has 86 valence electrons. The van der Waals surface area contributed by atoms with E-state index < -0.39 is 15.6 Å². The highest BCUT2D eigenvalue weighted by atomic mass is 31.2. The topological polar surface area (TPSA) is 112 Å². The van der Waals surface area contributed by atoms with Gasteiger partial charge in [0.2, 0.25) is 0 Å². The van der Waals surface area contributed by atoms with Crippen LogP contribution in [0.15, 0.2) is 0 Å². The zero-order valence-corrected chi connectivity index (χ0v) is 9.44. The maximum Gasteiger partial charge on any atom is 0.471 e. The summed E-state index contributed by atoms with van der Waals surface area (Å²) in [6.07, 6.45) is 0. The summed E-state index contributed by atoms with van der Waals surface area (Å²) in [5.41, 5.74) is 0. The monoisotopic (exact) mass is 250 g/mol. The summed E-state index contributed by atoms with van der Waals surface area (Å²) in [6, 6.07) is 0. The largest absolute Gasteiger partial charge is 0.471 e. The smallest absolute Gasteiger partial charge is 0.303 e. The van der Waals surface area contributed by atoms with Crippen LogP contribution in [0.2, 0.25) is 0 Å². The van der Waals surface area contributed by atoms with Crippen LogP contribution in [-0.4, -0.2) is 37.2 Å². The quantitative estimate of drug-likeness (QED) is 0.496. The van der Waals surface area contributed by atoms with Crippen LogP contribution in [-0.2, 0) is 27.2 Å². The van der Waals surface area contributed by atoms with Crippen LogP contribution in [0.1, 0.15) is 0 Å². The van der Waals surface area contributed by atoms with Gasteiger partial charge < -0.3 is 9.79 Å². The Bertz CT molecular complexity index is 226. The molecule has 8 nitrogen and oxygen atoms in total. The summed E-state index contributed by atoms with van der Waals surface area (Å²) in [5, 5.41) is 0. The summed E-state index contributed by atoms with van der Waals surface area (Å²) >= 11 is 0. The van der Waals surface area contributed by atoms with Gasteiger partial charge in [0.1, 0.15) is 0 Å². The number of phosphoric acid groups is 2. The first-order chi connectivity index (χ1) is 6.33. The number of hydrogen-bond donors (Lipinski definition) is 2. The normalized spacial score (nSPS) is 20.0. The summed E-state index contributed by atoms with van der Waals surface area (Å²) in [6.45, 7) is -0.731. The van der Waals surface area contributed by atoms with E-state index in [1.54, 1.807) is 0 Å². The molecule has 0 aromatic rings. The standard InChI is InChI=1S/C4H12O8P2/c1-9-13(5,6)11-3-4-12-14(7,8)10-2/h3-4H2,1-2H3,(H,5,6)(H,7,8). The highest BCUT2D eigenvalue weighted by Crippen LogP contribution is 2.44. The van der Waals surface area contributed by atoms with Crippen molar-refractivity contribution in [2.75, 3.05) is 27.4 Å². The van der Waals surface area contributed by atoms with Crippen LogP contribution < -0.4 is 0 Å². The Kier molecular flexibility index (Phi) is 6.04. The van der Waals surface area contributed by atoms with E-state index >= 15 is 0 Å². The zero-order chi connectivity index (χ0) is 11.2. The van der Waals surface area contributed by atoms with E-state index in [1.165, 1.54) is 0 Å². The highest BCUT2D eigenvalue weighted by Gasteiger charge is 2.21. The lowest BCUT2D eigenvalue weighted by molar-refractivity contribution is 0.118. The molecular formula is C4H12O8P2. The van der Waals surface area contributed by atoms with Gasteiger partial charge in [0.25, 0.3) is 0 Å². The first-order valence-electron chi connectivity index (χ1n) is 3.39. The molecule has 0 aliphatic heterocycles. The lowest BCUT2D eigenvalue weighted by Gasteiger charge is -2.11. The van der Waals surface area contributed by atoms with Crippen molar-refractivity contribution in [2.45, 2.75) is 0 Å². The van der Waals surface area contributed by atoms with Crippen molar-refractivity contribution in [2.24, 2.45) is 0 Å². The third-order valence-electron chi connectivity index (χ3n) is 1.05. The first kappa shape index (κ1) is 14.2. The molecule has 0 aromatic heterocycles. The molecule has 0 spiro atoms. The second kappa shape index (κ2) is 5.95. The summed E-state index contributed by atoms with van der Waals surface area (Å²) < 4.78 is 38.1. The second-order valence-corrected chi connectivity index (χ2v) is 5.09. The molecule has 2 N–H and O–H groups in total. The molecule has 0 aliphatic rings. The molecule has 0 amide bonds. The summed E-state index contributed by atoms with van der Waals surface area (Å²) in [5.74, 6) is 0. The van der Waals surface area contributed by atoms with Crippen LogP contribution in [0.5, 0.6) is 0 Å². The molecule has 0 fully saturated rings. The second-order valence-electron chi connectivity index (χ2n) is 1.97. The molecule has 0 saturated heterocycles. The highest BCUT2D eigenvalue weighted by molar-refractivity contribution is 7.47. The maximum absolute atomic E-state index is 10.7. The van der Waals surface area contributed by atoms with Gasteiger partial charge in [-0.3, -0.25) is 18.1 Å². The third-order valence-corrected chi connectivity index (χ3v) is 2.99. The average molecular weight is 250 g/mol. The summed E-state index contributed by atoms with van der Waals surface area (Å²) in [7, 11) is -6.12. The van der Waals surface area contributed by atoms with Crippen LogP contribution in [0.4, 0.5) is 0 Å². The fourth-order valence-electron chi connectivity index (χ4n) is 0.411. The molecule has 0 heterocycles. The molecule has 0 saturated carbocycles. The van der Waals surface area contributed by atoms with Crippen LogP contribution in [0.3, 0.4) is 0 Å². The van der Waals surface area contributed by atoms with E-state index in [4.69, 9.17) is 9.79 Å². The molecule has 0 aromatic carbocycles. The van der Waals surface area contributed by atoms with Crippen molar-refractivity contribution >= 4 is 15.6 Å². The van der Waals surface area contributed by atoms with Crippen molar-refractivity contribution < 1.29 is 37.0 Å². The SMILES string of the molecule is COP(=O)(O)OCCOP(=O)(O)OC. The Morgan fingerprint density at radius 2 is 1.21 bits per heavy atom. The minimum Gasteiger partial charge on any atom is -0.303 e. The van der Waals surface area contributed by atoms with Crippen LogP contribution >= 0.6 is 15.6 Å². The van der Waals surface area contributed by atoms with Gasteiger partial charge in [-0.05, 0) is 0 Å². The van der Waals surface area contributed by atoms with Gasteiger partial charge in [-0.15, -0.1) is 0 Å². The first-order valence-corrected chi connectivity index (χ1v) is 6.38. The Labute approximate surface area is 81.0 Å². The van der Waals surface area contributed by atoms with E-state index in [1.807, 2.05) is 0 Å². The van der Waals surface area contributed by atoms with E-state index in [0.29, 0.717) is 0 Å². The molecule has 10 heteroatoms. The van der Waals surface area contributed by atoms with Crippen molar-refractivity contribution in [1.82, 2.24) is 0 Å². The van der Waals surface area contributed by atoms with Gasteiger partial charge in [-0.2, -0.15) is 0 Å². The average Bonchev–Trinajstić information content (AvgIpc) is 2.13. The Morgan fingerprint density at radius 3 is 1.43 bits per heavy atom. The fraction of sp³-hybridized carbons (Fsp3) is 1.00. The third kappa shape index (κ3) is 6.64. The predicted molar refractivity (Wildman–Crippen MR) is 45.6 cm³/mol. The molecule has 0 radical (unpaired) electrons. The van der Waals surface area contributed by atoms with E-state index in [0.717, 1.165) is 14.2 Å². The van der Waals surface area contributed by atoms with E-state index in [2.05, 4.69) is 18.1 Å². The molecule has 2 atom stereocenters. The Hall–Kier alpha value is 0.220. The van der Waals surface area contributed by atoms with Crippen molar-refractivity contribution in [3.8, 4) is 0 Å². The minimum absolute atomic E-state index is 0.366. The van der Waals surface area contributed by atoms with Crippen LogP contribution in [0.25, 0.3) is 0 Å². The van der Waals surface area contributed by atoms with Gasteiger partial charge in [0, 0.05) is 14.2 Å². The Balaban J connectivity index is 3.68. The van der Waals surface area contributed by atoms with Crippen molar-refractivity contribution in [1.29, 1.82) is 0 Å². The lowest BCUT2D eigenvalue weighted by Crippen LogP contribution is -2.03. The molecule has 14 heavy (non-hydrogen) atoms. The zero-order valence-electron chi connectivity index (χ0n) is 7.65. The molecule has 0 rings (SSSR count). The van der Waals surface area contributed by atoms with Gasteiger partial charge in [0.15, 0.2) is 0 Å².